The van der Waals surface area contributed by atoms with E-state index in [1.165, 1.54) is 53.7 Å². The number of carbonyl (C=O) groups excluding carboxylic acids is 6. The lowest BCUT2D eigenvalue weighted by Gasteiger charge is -2.18. The van der Waals surface area contributed by atoms with Crippen LogP contribution < -0.4 is 58.8 Å². The monoisotopic (exact) mass is 2100 g/mol. The fourth-order valence-corrected chi connectivity index (χ4v) is 14.2. The van der Waals surface area contributed by atoms with Gasteiger partial charge in [0.05, 0.1) is 76.8 Å². The minimum Gasteiger partial charge on any atom is -0.489 e. The molecule has 0 aliphatic carbocycles. The van der Waals surface area contributed by atoms with E-state index >= 15 is 0 Å². The van der Waals surface area contributed by atoms with Gasteiger partial charge in [0.15, 0.2) is 0 Å². The Morgan fingerprint density at radius 2 is 0.525 bits per heavy atom. The number of rotatable bonds is 25. The summed E-state index contributed by atoms with van der Waals surface area (Å²) < 4.78 is 77.0. The van der Waals surface area contributed by atoms with E-state index in [9.17, 15) is 64.4 Å². The number of hydrogen-bond acceptors (Lipinski definition) is 24. The van der Waals surface area contributed by atoms with Crippen LogP contribution in [0.1, 0.15) is 111 Å². The smallest absolute Gasteiger partial charge is 0.438 e. The van der Waals surface area contributed by atoms with Crippen LogP contribution in [0.25, 0.3) is 6.08 Å². The number of anilines is 6. The van der Waals surface area contributed by atoms with Crippen LogP contribution in [0.15, 0.2) is 229 Å². The van der Waals surface area contributed by atoms with Crippen molar-refractivity contribution >= 4 is 127 Å². The molecule has 0 atom stereocenters. The van der Waals surface area contributed by atoms with E-state index in [-0.39, 0.29) is 56.1 Å². The molecule has 30 nitrogen and oxygen atoms in total. The van der Waals surface area contributed by atoms with Gasteiger partial charge in [-0.25, -0.2) is 33.2 Å². The Kier molecular flexibility index (Phi) is 44.2. The molecule has 736 valence electrons. The molecule has 139 heavy (non-hydrogen) atoms. The third kappa shape index (κ3) is 33.7. The summed E-state index contributed by atoms with van der Waals surface area (Å²) in [7, 11) is 7.14. The molecule has 12 aromatic rings. The molecule has 0 bridgehead atoms. The molecule has 0 aliphatic rings. The van der Waals surface area contributed by atoms with E-state index < -0.39 is 42.4 Å². The summed E-state index contributed by atoms with van der Waals surface area (Å²) in [5.41, 5.74) is 19.9. The minimum atomic E-state index is -1.01. The van der Waals surface area contributed by atoms with Gasteiger partial charge in [-0.2, -0.15) is 30.4 Å². The van der Waals surface area contributed by atoms with Crippen LogP contribution in [0, 0.1) is 99.4 Å². The number of hydroxylamine groups is 6. The summed E-state index contributed by atoms with van der Waals surface area (Å²) in [5, 5.41) is 62.7. The van der Waals surface area contributed by atoms with Crippen molar-refractivity contribution in [2.24, 2.45) is 0 Å². The predicted octanol–water partition coefficient (Wildman–Crippen LogP) is 26.2. The number of aryl methyl sites for hydroxylation is 13. The first-order chi connectivity index (χ1) is 66.0. The largest absolute Gasteiger partial charge is 0.489 e. The van der Waals surface area contributed by atoms with Crippen molar-refractivity contribution in [3.8, 4) is 34.5 Å². The number of hydrogen-bond donors (Lipinski definition) is 6. The van der Waals surface area contributed by atoms with E-state index in [0.717, 1.165) is 128 Å². The standard InChI is InChI=1S/C19H21NO4.C18H21NO4.C17H18BrNO4.C17H18ClNO4.C17H18FNO4.C17H18INO4/c1-5-15-7-8-16(17(11-15)20(22)19(21)23-4)12-24-18-9-6-13(2)10-14(18)3;1-12-6-8-17(14(3)9-12)23-11-15-7-5-13(2)10-16(15)19(21)18(20)22-4;4*1-11-4-7-16(12(2)8-11)23-10-13-5-6-14(18)9-15(13)19(21)17(20)22-3/h5-11,22H,1,12H2,2-4H3;5-10,21H,11H2,1-4H3;4*4-9,21H,10H2,1-3H3. The van der Waals surface area contributed by atoms with Crippen molar-refractivity contribution in [2.75, 3.05) is 73.0 Å². The van der Waals surface area contributed by atoms with Crippen molar-refractivity contribution in [3.63, 3.8) is 0 Å². The lowest BCUT2D eigenvalue weighted by Crippen LogP contribution is -2.28. The summed E-state index contributed by atoms with van der Waals surface area (Å²) >= 11 is 11.4. The van der Waals surface area contributed by atoms with E-state index in [2.05, 4.69) is 73.5 Å². The zero-order valence-corrected chi connectivity index (χ0v) is 85.0. The highest BCUT2D eigenvalue weighted by Crippen LogP contribution is 2.35. The maximum absolute atomic E-state index is 13.4. The average Bonchev–Trinajstić information content (AvgIpc) is 0.835. The van der Waals surface area contributed by atoms with Crippen LogP contribution in [0.3, 0.4) is 0 Å². The Hall–Kier alpha value is -14.0. The average molecular weight is 2110 g/mol. The quantitative estimate of drug-likeness (QED) is 0.0134. The van der Waals surface area contributed by atoms with Crippen LogP contribution in [0.4, 0.5) is 67.3 Å². The summed E-state index contributed by atoms with van der Waals surface area (Å²) in [6.45, 7) is 30.5. The SMILES string of the molecule is C=Cc1ccc(COc2ccc(C)cc2C)c(N(O)C(=O)OC)c1.COC(=O)N(O)c1cc(Br)ccc1COc1ccc(C)cc1C.COC(=O)N(O)c1cc(C)ccc1COc1ccc(C)cc1C.COC(=O)N(O)c1cc(Cl)ccc1COc1ccc(C)cc1C.COC(=O)N(O)c1cc(F)ccc1COc1ccc(C)cc1C.COC(=O)N(O)c1cc(I)ccc1COc1ccc(C)cc1C. The van der Waals surface area contributed by atoms with E-state index in [1.54, 1.807) is 54.6 Å². The Balaban J connectivity index is 0.000000227. The first-order valence-electron chi connectivity index (χ1n) is 42.7. The Bertz CT molecular complexity index is 5560. The lowest BCUT2D eigenvalue weighted by atomic mass is 10.1. The lowest BCUT2D eigenvalue weighted by molar-refractivity contribution is 0.140. The third-order valence-corrected chi connectivity index (χ3v) is 21.9. The molecule has 12 aromatic carbocycles. The van der Waals surface area contributed by atoms with Crippen LogP contribution in [-0.4, -0.2) is 110 Å². The van der Waals surface area contributed by atoms with Gasteiger partial charge in [0.1, 0.15) is 80.0 Å². The number of amides is 6. The molecule has 0 aromatic heterocycles. The molecule has 0 fully saturated rings. The molecule has 0 unspecified atom stereocenters. The number of nitrogens with zero attached hydrogens (tertiary/aromatic N) is 6. The Labute approximate surface area is 834 Å². The number of benzene rings is 12. The van der Waals surface area contributed by atoms with Crippen molar-refractivity contribution in [3.05, 3.63) is 355 Å². The number of carbonyl (C=O) groups is 6. The van der Waals surface area contributed by atoms with Gasteiger partial charge in [-0.05, 0) is 248 Å². The van der Waals surface area contributed by atoms with Gasteiger partial charge < -0.3 is 56.8 Å². The summed E-state index contributed by atoms with van der Waals surface area (Å²) in [4.78, 5) is 69.2. The third-order valence-electron chi connectivity index (χ3n) is 20.5. The maximum Gasteiger partial charge on any atom is 0.438 e. The highest BCUT2D eigenvalue weighted by molar-refractivity contribution is 14.1. The van der Waals surface area contributed by atoms with Gasteiger partial charge in [0.2, 0.25) is 0 Å². The molecule has 0 aliphatic heterocycles. The molecule has 0 spiro atoms. The Morgan fingerprint density at radius 3 is 0.813 bits per heavy atom. The number of methoxy groups -OCH3 is 6. The van der Waals surface area contributed by atoms with Crippen LogP contribution in [-0.2, 0) is 68.1 Å². The topological polar surface area (TPSA) is 354 Å². The Morgan fingerprint density at radius 1 is 0.302 bits per heavy atom. The van der Waals surface area contributed by atoms with Gasteiger partial charge >= 0.3 is 36.6 Å². The number of ether oxygens (including phenoxy) is 12. The molecule has 6 amide bonds. The van der Waals surface area contributed by atoms with Crippen molar-refractivity contribution in [1.82, 2.24) is 0 Å². The molecule has 6 N–H and O–H groups in total. The molecule has 0 saturated carbocycles. The summed E-state index contributed by atoms with van der Waals surface area (Å²) in [6.07, 6.45) is -3.71. The van der Waals surface area contributed by atoms with Crippen molar-refractivity contribution < 1.29 is 121 Å². The fraction of sp³-hybridized carbons (Fsp3) is 0.238. The highest BCUT2D eigenvalue weighted by Gasteiger charge is 2.26. The normalized spacial score (nSPS) is 10.3. The maximum atomic E-state index is 13.4. The van der Waals surface area contributed by atoms with Crippen LogP contribution >= 0.6 is 50.1 Å². The summed E-state index contributed by atoms with van der Waals surface area (Å²) in [6, 6.07) is 65.1. The summed E-state index contributed by atoms with van der Waals surface area (Å²) in [5.74, 6) is 3.87. The second-order valence-corrected chi connectivity index (χ2v) is 34.0. The first kappa shape index (κ1) is 112. The van der Waals surface area contributed by atoms with E-state index in [0.29, 0.717) is 92.2 Å². The van der Waals surface area contributed by atoms with Gasteiger partial charge in [-0.3, -0.25) is 31.2 Å². The number of halogens is 4. The fourth-order valence-electron chi connectivity index (χ4n) is 13.3. The van der Waals surface area contributed by atoms with Crippen molar-refractivity contribution in [1.29, 1.82) is 0 Å². The predicted molar refractivity (Wildman–Crippen MR) is 540 cm³/mol. The van der Waals surface area contributed by atoms with Crippen LogP contribution in [0.2, 0.25) is 5.02 Å². The minimum absolute atomic E-state index is 0.0263. The van der Waals surface area contributed by atoms with Gasteiger partial charge in [-0.15, -0.1) is 0 Å². The second-order valence-electron chi connectivity index (χ2n) is 31.4. The molecule has 0 saturated heterocycles. The molecule has 0 radical (unpaired) electrons. The van der Waals surface area contributed by atoms with Gasteiger partial charge in [-0.1, -0.05) is 195 Å². The molecule has 34 heteroatoms. The second kappa shape index (κ2) is 54.8. The zero-order chi connectivity index (χ0) is 103. The van der Waals surface area contributed by atoms with E-state index in [4.69, 9.17) is 40.0 Å². The van der Waals surface area contributed by atoms with Crippen molar-refractivity contribution in [2.45, 2.75) is 130 Å². The zero-order valence-electron chi connectivity index (χ0n) is 80.5. The molecule has 0 heterocycles. The van der Waals surface area contributed by atoms with E-state index in [1.807, 2.05) is 236 Å². The van der Waals surface area contributed by atoms with Gasteiger partial charge in [0.25, 0.3) is 0 Å². The first-order valence-corrected chi connectivity index (χ1v) is 44.9. The highest BCUT2D eigenvalue weighted by atomic mass is 127. The van der Waals surface area contributed by atoms with Crippen LogP contribution in [0.5, 0.6) is 34.5 Å². The molecule has 12 rings (SSSR count). The molecular formula is C105H114BrClFIN6O24. The molecular weight excluding hydrogens is 1990 g/mol. The van der Waals surface area contributed by atoms with Gasteiger partial charge in [0, 0.05) is 52.5 Å².